The third-order valence-corrected chi connectivity index (χ3v) is 2.66. The molecule has 0 unspecified atom stereocenters. The van der Waals surface area contributed by atoms with E-state index in [2.05, 4.69) is 0 Å². The summed E-state index contributed by atoms with van der Waals surface area (Å²) in [5, 5.41) is 8.60. The van der Waals surface area contributed by atoms with E-state index < -0.39 is 5.82 Å². The SMILES string of the molecule is CCOC(=O)CCCCCOc1ccc(C#N)c(F)c1. The number of carbonyl (C=O) groups excluding carboxylic acids is 1. The van der Waals surface area contributed by atoms with Crippen LogP contribution in [0.3, 0.4) is 0 Å². The number of benzene rings is 1. The van der Waals surface area contributed by atoms with Crippen molar-refractivity contribution in [2.24, 2.45) is 0 Å². The highest BCUT2D eigenvalue weighted by molar-refractivity contribution is 5.69. The molecule has 0 N–H and O–H groups in total. The number of nitriles is 1. The number of ether oxygens (including phenoxy) is 2. The number of hydrogen-bond donors (Lipinski definition) is 0. The van der Waals surface area contributed by atoms with E-state index in [1.165, 1.54) is 12.1 Å². The van der Waals surface area contributed by atoms with Crippen LogP contribution in [-0.4, -0.2) is 19.2 Å². The summed E-state index contributed by atoms with van der Waals surface area (Å²) in [6.45, 7) is 2.64. The molecule has 108 valence electrons. The minimum atomic E-state index is -0.577. The quantitative estimate of drug-likeness (QED) is 0.541. The predicted molar refractivity (Wildman–Crippen MR) is 71.7 cm³/mol. The molecule has 0 atom stereocenters. The lowest BCUT2D eigenvalue weighted by atomic mass is 10.2. The van der Waals surface area contributed by atoms with Gasteiger partial charge >= 0.3 is 5.97 Å². The molecule has 0 aliphatic rings. The Morgan fingerprint density at radius 2 is 2.15 bits per heavy atom. The number of hydrogen-bond acceptors (Lipinski definition) is 4. The zero-order valence-electron chi connectivity index (χ0n) is 11.5. The summed E-state index contributed by atoms with van der Waals surface area (Å²) >= 11 is 0. The van der Waals surface area contributed by atoms with Crippen molar-refractivity contribution in [1.29, 1.82) is 5.26 Å². The topological polar surface area (TPSA) is 59.3 Å². The van der Waals surface area contributed by atoms with Gasteiger partial charge in [-0.05, 0) is 38.3 Å². The van der Waals surface area contributed by atoms with Crippen LogP contribution < -0.4 is 4.74 Å². The molecule has 0 aliphatic heterocycles. The van der Waals surface area contributed by atoms with E-state index in [0.29, 0.717) is 25.4 Å². The third kappa shape index (κ3) is 5.70. The Kier molecular flexibility index (Phi) is 7.12. The standard InChI is InChI=1S/C15H18FNO3/c1-2-19-15(18)6-4-3-5-9-20-13-8-7-12(11-17)14(16)10-13/h7-8,10H,2-6,9H2,1H3. The summed E-state index contributed by atoms with van der Waals surface area (Å²) in [5.74, 6) is -0.346. The van der Waals surface area contributed by atoms with E-state index in [0.717, 1.165) is 19.3 Å². The number of nitrogens with zero attached hydrogens (tertiary/aromatic N) is 1. The van der Waals surface area contributed by atoms with E-state index in [-0.39, 0.29) is 11.5 Å². The highest BCUT2D eigenvalue weighted by atomic mass is 19.1. The van der Waals surface area contributed by atoms with Gasteiger partial charge in [0.05, 0.1) is 18.8 Å². The highest BCUT2D eigenvalue weighted by Gasteiger charge is 2.04. The lowest BCUT2D eigenvalue weighted by Crippen LogP contribution is -2.04. The number of esters is 1. The van der Waals surface area contributed by atoms with Crippen LogP contribution in [0.1, 0.15) is 38.2 Å². The average Bonchev–Trinajstić information content (AvgIpc) is 2.43. The Labute approximate surface area is 118 Å². The first-order valence-corrected chi connectivity index (χ1v) is 6.65. The molecule has 0 bridgehead atoms. The molecule has 20 heavy (non-hydrogen) atoms. The molecule has 0 heterocycles. The summed E-state index contributed by atoms with van der Waals surface area (Å²) in [7, 11) is 0. The second kappa shape index (κ2) is 8.92. The molecule has 0 amide bonds. The normalized spacial score (nSPS) is 9.85. The Balaban J connectivity index is 2.17. The highest BCUT2D eigenvalue weighted by Crippen LogP contribution is 2.16. The van der Waals surface area contributed by atoms with Crippen molar-refractivity contribution in [3.63, 3.8) is 0 Å². The van der Waals surface area contributed by atoms with Crippen LogP contribution in [0.4, 0.5) is 4.39 Å². The number of carbonyl (C=O) groups is 1. The van der Waals surface area contributed by atoms with Crippen LogP contribution in [0, 0.1) is 17.1 Å². The second-order valence-corrected chi connectivity index (χ2v) is 4.22. The largest absolute Gasteiger partial charge is 0.493 e. The van der Waals surface area contributed by atoms with Crippen molar-refractivity contribution in [2.45, 2.75) is 32.6 Å². The Morgan fingerprint density at radius 3 is 2.80 bits per heavy atom. The molecule has 0 spiro atoms. The monoisotopic (exact) mass is 279 g/mol. The minimum Gasteiger partial charge on any atom is -0.493 e. The summed E-state index contributed by atoms with van der Waals surface area (Å²) in [5.41, 5.74) is 0.00628. The van der Waals surface area contributed by atoms with E-state index >= 15 is 0 Å². The van der Waals surface area contributed by atoms with Gasteiger partial charge in [0.25, 0.3) is 0 Å². The van der Waals surface area contributed by atoms with Crippen LogP contribution in [-0.2, 0) is 9.53 Å². The van der Waals surface area contributed by atoms with Crippen LogP contribution in [0.15, 0.2) is 18.2 Å². The molecule has 0 saturated heterocycles. The van der Waals surface area contributed by atoms with E-state index in [9.17, 15) is 9.18 Å². The van der Waals surface area contributed by atoms with Gasteiger partial charge in [-0.3, -0.25) is 4.79 Å². The van der Waals surface area contributed by atoms with Crippen molar-refractivity contribution in [3.8, 4) is 11.8 Å². The van der Waals surface area contributed by atoms with Gasteiger partial charge in [-0.1, -0.05) is 0 Å². The molecule has 5 heteroatoms. The average molecular weight is 279 g/mol. The maximum Gasteiger partial charge on any atom is 0.305 e. The van der Waals surface area contributed by atoms with Crippen molar-refractivity contribution < 1.29 is 18.7 Å². The zero-order chi connectivity index (χ0) is 14.8. The first-order chi connectivity index (χ1) is 9.67. The minimum absolute atomic E-state index is 0.00628. The van der Waals surface area contributed by atoms with Gasteiger partial charge in [-0.25, -0.2) is 4.39 Å². The maximum absolute atomic E-state index is 13.3. The third-order valence-electron chi connectivity index (χ3n) is 2.66. The maximum atomic E-state index is 13.3. The van der Waals surface area contributed by atoms with Crippen molar-refractivity contribution in [2.75, 3.05) is 13.2 Å². The smallest absolute Gasteiger partial charge is 0.305 e. The number of unbranched alkanes of at least 4 members (excludes halogenated alkanes) is 2. The van der Waals surface area contributed by atoms with Crippen LogP contribution in [0.5, 0.6) is 5.75 Å². The van der Waals surface area contributed by atoms with Crippen LogP contribution in [0.25, 0.3) is 0 Å². The van der Waals surface area contributed by atoms with E-state index in [4.69, 9.17) is 14.7 Å². The Morgan fingerprint density at radius 1 is 1.35 bits per heavy atom. The molecule has 0 fully saturated rings. The fourth-order valence-corrected chi connectivity index (χ4v) is 1.65. The lowest BCUT2D eigenvalue weighted by Gasteiger charge is -2.06. The molecule has 0 aromatic heterocycles. The molecular formula is C15H18FNO3. The summed E-state index contributed by atoms with van der Waals surface area (Å²) in [6.07, 6.45) is 2.79. The van der Waals surface area contributed by atoms with Gasteiger partial charge < -0.3 is 9.47 Å². The molecular weight excluding hydrogens is 261 g/mol. The van der Waals surface area contributed by atoms with Gasteiger partial charge in [0, 0.05) is 12.5 Å². The molecule has 0 aliphatic carbocycles. The molecule has 1 rings (SSSR count). The zero-order valence-corrected chi connectivity index (χ0v) is 11.5. The molecule has 0 saturated carbocycles. The molecule has 1 aromatic rings. The first-order valence-electron chi connectivity index (χ1n) is 6.65. The fraction of sp³-hybridized carbons (Fsp3) is 0.467. The Bertz CT molecular complexity index is 482. The summed E-state index contributed by atoms with van der Waals surface area (Å²) in [4.78, 5) is 11.1. The lowest BCUT2D eigenvalue weighted by molar-refractivity contribution is -0.143. The summed E-state index contributed by atoms with van der Waals surface area (Å²) in [6, 6.07) is 5.92. The van der Waals surface area contributed by atoms with Crippen molar-refractivity contribution >= 4 is 5.97 Å². The molecule has 4 nitrogen and oxygen atoms in total. The second-order valence-electron chi connectivity index (χ2n) is 4.22. The van der Waals surface area contributed by atoms with Gasteiger partial charge in [0.1, 0.15) is 17.6 Å². The van der Waals surface area contributed by atoms with Crippen LogP contribution in [0.2, 0.25) is 0 Å². The fourth-order valence-electron chi connectivity index (χ4n) is 1.65. The Hall–Kier alpha value is -2.09. The van der Waals surface area contributed by atoms with Crippen LogP contribution >= 0.6 is 0 Å². The number of halogens is 1. The summed E-state index contributed by atoms with van der Waals surface area (Å²) < 4.78 is 23.5. The van der Waals surface area contributed by atoms with Gasteiger partial charge in [0.2, 0.25) is 0 Å². The van der Waals surface area contributed by atoms with E-state index in [1.807, 2.05) is 0 Å². The van der Waals surface area contributed by atoms with Crippen molar-refractivity contribution in [1.82, 2.24) is 0 Å². The van der Waals surface area contributed by atoms with Gasteiger partial charge in [-0.2, -0.15) is 5.26 Å². The predicted octanol–water partition coefficient (Wildman–Crippen LogP) is 3.20. The van der Waals surface area contributed by atoms with Gasteiger partial charge in [-0.15, -0.1) is 0 Å². The van der Waals surface area contributed by atoms with E-state index in [1.54, 1.807) is 19.1 Å². The molecule has 0 radical (unpaired) electrons. The molecule has 1 aromatic carbocycles. The van der Waals surface area contributed by atoms with Gasteiger partial charge in [0.15, 0.2) is 0 Å². The number of rotatable bonds is 8. The first kappa shape index (κ1) is 16.0. The van der Waals surface area contributed by atoms with Crippen molar-refractivity contribution in [3.05, 3.63) is 29.6 Å².